The molecule has 6 aromatic rings. The second-order valence-electron chi connectivity index (χ2n) is 13.1. The molecule has 7 rings (SSSR count). The fourth-order valence-corrected chi connectivity index (χ4v) is 6.67. The molecular formula is C44H40Cl2N4O4. The molecule has 54 heavy (non-hydrogen) atoms. The average Bonchev–Trinajstić information content (AvgIpc) is 3.74. The molecule has 0 N–H and O–H groups in total. The van der Waals surface area contributed by atoms with Gasteiger partial charge in [-0.2, -0.15) is 0 Å². The second kappa shape index (κ2) is 17.5. The van der Waals surface area contributed by atoms with Gasteiger partial charge in [-0.05, 0) is 95.9 Å². The summed E-state index contributed by atoms with van der Waals surface area (Å²) in [4.78, 5) is 21.7. The van der Waals surface area contributed by atoms with E-state index in [0.717, 1.165) is 53.3 Å². The Balaban J connectivity index is 0.843. The maximum absolute atomic E-state index is 13.1. The Bertz CT molecular complexity index is 2160. The van der Waals surface area contributed by atoms with Crippen LogP contribution in [0.25, 0.3) is 11.8 Å². The van der Waals surface area contributed by atoms with E-state index in [0.29, 0.717) is 53.7 Å². The molecule has 2 aromatic heterocycles. The maximum atomic E-state index is 13.1. The van der Waals surface area contributed by atoms with E-state index in [1.165, 1.54) is 5.56 Å². The topological polar surface area (TPSA) is 69.1 Å². The zero-order valence-electron chi connectivity index (χ0n) is 29.9. The number of amides is 1. The van der Waals surface area contributed by atoms with E-state index in [1.807, 2.05) is 78.8 Å². The number of halogens is 2. The van der Waals surface area contributed by atoms with E-state index in [1.54, 1.807) is 36.5 Å². The van der Waals surface area contributed by atoms with Crippen LogP contribution in [0, 0.1) is 6.92 Å². The first-order valence-corrected chi connectivity index (χ1v) is 18.6. The first-order valence-electron chi connectivity index (χ1n) is 17.8. The quantitative estimate of drug-likeness (QED) is 0.109. The average molecular weight is 760 g/mol. The van der Waals surface area contributed by atoms with Gasteiger partial charge in [0.15, 0.2) is 5.75 Å². The van der Waals surface area contributed by atoms with Crippen molar-refractivity contribution in [3.63, 3.8) is 0 Å². The molecule has 0 radical (unpaired) electrons. The predicted molar refractivity (Wildman–Crippen MR) is 214 cm³/mol. The normalized spacial score (nSPS) is 13.3. The lowest BCUT2D eigenvalue weighted by Crippen LogP contribution is -2.47. The lowest BCUT2D eigenvalue weighted by molar-refractivity contribution is -0.127. The van der Waals surface area contributed by atoms with Crippen molar-refractivity contribution in [2.75, 3.05) is 26.2 Å². The van der Waals surface area contributed by atoms with Crippen LogP contribution in [0.1, 0.15) is 27.8 Å². The first-order chi connectivity index (χ1) is 26.4. The van der Waals surface area contributed by atoms with Gasteiger partial charge in [-0.1, -0.05) is 65.7 Å². The van der Waals surface area contributed by atoms with Gasteiger partial charge in [-0.15, -0.1) is 0 Å². The van der Waals surface area contributed by atoms with Crippen molar-refractivity contribution in [1.29, 1.82) is 0 Å². The molecule has 8 nitrogen and oxygen atoms in total. The van der Waals surface area contributed by atoms with Crippen LogP contribution >= 0.6 is 23.2 Å². The first kappa shape index (κ1) is 36.8. The number of pyridine rings is 1. The summed E-state index contributed by atoms with van der Waals surface area (Å²) in [5.41, 5.74) is 5.98. The van der Waals surface area contributed by atoms with Crippen LogP contribution in [0.5, 0.6) is 23.1 Å². The number of carbonyl (C=O) groups is 1. The van der Waals surface area contributed by atoms with Crippen molar-refractivity contribution in [1.82, 2.24) is 19.4 Å². The number of rotatable bonds is 13. The van der Waals surface area contributed by atoms with E-state index in [2.05, 4.69) is 50.8 Å². The monoisotopic (exact) mass is 758 g/mol. The molecule has 0 bridgehead atoms. The van der Waals surface area contributed by atoms with Gasteiger partial charge in [0, 0.05) is 73.5 Å². The Morgan fingerprint density at radius 2 is 1.46 bits per heavy atom. The highest BCUT2D eigenvalue weighted by Gasteiger charge is 2.20. The Morgan fingerprint density at radius 1 is 0.759 bits per heavy atom. The largest absolute Gasteiger partial charge is 0.489 e. The molecule has 0 atom stereocenters. The summed E-state index contributed by atoms with van der Waals surface area (Å²) < 4.78 is 19.9. The van der Waals surface area contributed by atoms with Crippen molar-refractivity contribution in [2.24, 2.45) is 0 Å². The Labute approximate surface area is 325 Å². The van der Waals surface area contributed by atoms with Crippen LogP contribution in [0.3, 0.4) is 0 Å². The number of hydrogen-bond donors (Lipinski definition) is 0. The number of carbonyl (C=O) groups excluding carboxylic acids is 1. The SMILES string of the molecule is Cc1cc(/C=C/C(=O)N2CCN(Cc3ccc(COc4ccc(-n5cccc5)cc4)cc3)CC2)cc(Cl)c1Oc1ccc(OCc2ccccc2Cl)cn1. The highest BCUT2D eigenvalue weighted by molar-refractivity contribution is 6.32. The van der Waals surface area contributed by atoms with Gasteiger partial charge < -0.3 is 23.7 Å². The Morgan fingerprint density at radius 3 is 2.17 bits per heavy atom. The smallest absolute Gasteiger partial charge is 0.246 e. The van der Waals surface area contributed by atoms with Gasteiger partial charge in [0.05, 0.1) is 11.2 Å². The van der Waals surface area contributed by atoms with Crippen LogP contribution in [0.4, 0.5) is 0 Å². The number of ether oxygens (including phenoxy) is 3. The molecule has 1 saturated heterocycles. The predicted octanol–water partition coefficient (Wildman–Crippen LogP) is 9.80. The molecule has 1 aliphatic heterocycles. The maximum Gasteiger partial charge on any atom is 0.246 e. The molecule has 0 saturated carbocycles. The molecule has 1 amide bonds. The summed E-state index contributed by atoms with van der Waals surface area (Å²) in [5.74, 6) is 2.31. The van der Waals surface area contributed by atoms with E-state index >= 15 is 0 Å². The van der Waals surface area contributed by atoms with Crippen LogP contribution in [-0.2, 0) is 24.6 Å². The van der Waals surface area contributed by atoms with Crippen molar-refractivity contribution in [3.8, 4) is 28.8 Å². The number of aryl methyl sites for hydroxylation is 1. The van der Waals surface area contributed by atoms with Gasteiger partial charge in [-0.25, -0.2) is 4.98 Å². The molecular weight excluding hydrogens is 719 g/mol. The standard InChI is InChI=1S/C44H40Cl2N4O4/c1-32-26-35(27-41(46)44(32)54-42-18-17-39(28-47-42)53-31-36-6-2-3-7-40(36)45)12-19-43(51)50-24-22-48(23-25-50)29-33-8-10-34(11-9-33)30-52-38-15-13-37(14-16-38)49-20-4-5-21-49/h2-21,26-28H,22-25,29-31H2,1H3/b19-12+. The molecule has 1 aliphatic rings. The molecule has 3 heterocycles. The minimum Gasteiger partial charge on any atom is -0.489 e. The molecule has 274 valence electrons. The minimum atomic E-state index is -0.0199. The van der Waals surface area contributed by atoms with Crippen molar-refractivity contribution < 1.29 is 19.0 Å². The van der Waals surface area contributed by atoms with Crippen LogP contribution in [0.15, 0.2) is 134 Å². The summed E-state index contributed by atoms with van der Waals surface area (Å²) in [6.45, 7) is 6.54. The number of hydrogen-bond acceptors (Lipinski definition) is 6. The highest BCUT2D eigenvalue weighted by Crippen LogP contribution is 2.34. The van der Waals surface area contributed by atoms with E-state index < -0.39 is 0 Å². The van der Waals surface area contributed by atoms with Crippen molar-refractivity contribution in [3.05, 3.63) is 172 Å². The molecule has 0 unspecified atom stereocenters. The molecule has 0 aliphatic carbocycles. The van der Waals surface area contributed by atoms with Crippen LogP contribution in [-0.4, -0.2) is 51.4 Å². The fourth-order valence-electron chi connectivity index (χ4n) is 6.16. The molecule has 1 fully saturated rings. The molecule has 0 spiro atoms. The highest BCUT2D eigenvalue weighted by atomic mass is 35.5. The van der Waals surface area contributed by atoms with Gasteiger partial charge in [0.25, 0.3) is 0 Å². The van der Waals surface area contributed by atoms with Crippen molar-refractivity contribution >= 4 is 35.2 Å². The summed E-state index contributed by atoms with van der Waals surface area (Å²) in [7, 11) is 0. The van der Waals surface area contributed by atoms with Gasteiger partial charge >= 0.3 is 0 Å². The van der Waals surface area contributed by atoms with E-state index in [9.17, 15) is 4.79 Å². The van der Waals surface area contributed by atoms with E-state index in [-0.39, 0.29) is 5.91 Å². The Hall–Kier alpha value is -5.54. The third-order valence-corrected chi connectivity index (χ3v) is 9.85. The zero-order valence-corrected chi connectivity index (χ0v) is 31.4. The van der Waals surface area contributed by atoms with Gasteiger partial charge in [-0.3, -0.25) is 9.69 Å². The summed E-state index contributed by atoms with van der Waals surface area (Å²) >= 11 is 12.9. The fraction of sp³-hybridized carbons (Fsp3) is 0.182. The lowest BCUT2D eigenvalue weighted by Gasteiger charge is -2.34. The number of nitrogens with zero attached hydrogens (tertiary/aromatic N) is 4. The van der Waals surface area contributed by atoms with E-state index in [4.69, 9.17) is 37.4 Å². The number of piperazine rings is 1. The minimum absolute atomic E-state index is 0.0199. The molecule has 10 heteroatoms. The second-order valence-corrected chi connectivity index (χ2v) is 13.9. The third-order valence-electron chi connectivity index (χ3n) is 9.20. The zero-order chi connectivity index (χ0) is 37.3. The molecule has 4 aromatic carbocycles. The Kier molecular flexibility index (Phi) is 11.9. The van der Waals surface area contributed by atoms with Crippen LogP contribution < -0.4 is 14.2 Å². The number of benzene rings is 4. The summed E-state index contributed by atoms with van der Waals surface area (Å²) in [5, 5.41) is 1.08. The van der Waals surface area contributed by atoms with Gasteiger partial charge in [0.2, 0.25) is 11.8 Å². The number of aromatic nitrogens is 2. The van der Waals surface area contributed by atoms with Crippen molar-refractivity contribution in [2.45, 2.75) is 26.7 Å². The summed E-state index contributed by atoms with van der Waals surface area (Å²) in [6, 6.07) is 35.4. The van der Waals surface area contributed by atoms with Crippen LogP contribution in [0.2, 0.25) is 10.0 Å². The lowest BCUT2D eigenvalue weighted by atomic mass is 10.1. The summed E-state index contributed by atoms with van der Waals surface area (Å²) in [6.07, 6.45) is 9.05. The van der Waals surface area contributed by atoms with Gasteiger partial charge in [0.1, 0.15) is 24.7 Å². The third kappa shape index (κ3) is 9.71.